The molecule has 7 heteroatoms. The Balaban J connectivity index is 4.69. The summed E-state index contributed by atoms with van der Waals surface area (Å²) < 4.78 is 45.9. The van der Waals surface area contributed by atoms with Gasteiger partial charge in [0.2, 0.25) is 0 Å². The first kappa shape index (κ1) is 16.9. The van der Waals surface area contributed by atoms with Crippen LogP contribution >= 0.6 is 0 Å². The van der Waals surface area contributed by atoms with Gasteiger partial charge in [-0.05, 0) is 19.9 Å². The van der Waals surface area contributed by atoms with Crippen molar-refractivity contribution in [3.8, 4) is 0 Å². The van der Waals surface area contributed by atoms with Gasteiger partial charge in [-0.3, -0.25) is 0 Å². The maximum atomic E-state index is 11.9. The van der Waals surface area contributed by atoms with E-state index in [1.807, 2.05) is 13.8 Å². The van der Waals surface area contributed by atoms with Gasteiger partial charge in [0.1, 0.15) is 9.84 Å². The lowest BCUT2D eigenvalue weighted by Crippen LogP contribution is -2.43. The van der Waals surface area contributed by atoms with E-state index in [0.29, 0.717) is 13.0 Å². The van der Waals surface area contributed by atoms with Crippen LogP contribution in [-0.4, -0.2) is 52.4 Å². The Bertz CT molecular complexity index is 414. The largest absolute Gasteiger partial charge is 0.313 e. The molecule has 0 aromatic rings. The number of sulfone groups is 2. The molecule has 2 unspecified atom stereocenters. The molecule has 0 fully saturated rings. The molecule has 5 nitrogen and oxygen atoms in total. The van der Waals surface area contributed by atoms with Gasteiger partial charge in [-0.1, -0.05) is 13.8 Å². The minimum atomic E-state index is -3.37. The summed E-state index contributed by atoms with van der Waals surface area (Å²) in [5, 5.41) is 2.55. The molecule has 0 rings (SSSR count). The van der Waals surface area contributed by atoms with Crippen molar-refractivity contribution in [3.05, 3.63) is 0 Å². The van der Waals surface area contributed by atoms with Crippen molar-refractivity contribution in [2.75, 3.05) is 24.3 Å². The van der Waals surface area contributed by atoms with Gasteiger partial charge >= 0.3 is 0 Å². The Morgan fingerprint density at radius 2 is 1.59 bits per heavy atom. The smallest absolute Gasteiger partial charge is 0.155 e. The summed E-state index contributed by atoms with van der Waals surface area (Å²) in [4.78, 5) is 0. The maximum Gasteiger partial charge on any atom is 0.155 e. The molecule has 0 aliphatic carbocycles. The average Bonchev–Trinajstić information content (AvgIpc) is 2.21. The first-order valence-electron chi connectivity index (χ1n) is 5.76. The summed E-state index contributed by atoms with van der Waals surface area (Å²) in [5.41, 5.74) is 0. The Morgan fingerprint density at radius 1 is 1.06 bits per heavy atom. The van der Waals surface area contributed by atoms with Crippen molar-refractivity contribution in [2.24, 2.45) is 0 Å². The molecule has 0 aromatic carbocycles. The number of nitrogens with one attached hydrogen (secondary N) is 1. The fourth-order valence-electron chi connectivity index (χ4n) is 1.61. The third-order valence-corrected chi connectivity index (χ3v) is 6.22. The van der Waals surface area contributed by atoms with E-state index in [0.717, 1.165) is 6.26 Å². The molecule has 0 spiro atoms. The lowest BCUT2D eigenvalue weighted by molar-refractivity contribution is 0.483. The Kier molecular flexibility index (Phi) is 6.65. The second-order valence-corrected chi connectivity index (χ2v) is 9.01. The first-order valence-corrected chi connectivity index (χ1v) is 9.54. The zero-order valence-corrected chi connectivity index (χ0v) is 12.6. The van der Waals surface area contributed by atoms with Crippen LogP contribution in [0, 0.1) is 0 Å². The summed E-state index contributed by atoms with van der Waals surface area (Å²) in [6.45, 7) is 6.16. The molecule has 0 saturated carbocycles. The van der Waals surface area contributed by atoms with Gasteiger partial charge in [0.05, 0.1) is 16.8 Å². The summed E-state index contributed by atoms with van der Waals surface area (Å²) in [6, 6.07) is -0.121. The summed E-state index contributed by atoms with van der Waals surface area (Å²) in [7, 11) is -6.60. The van der Waals surface area contributed by atoms with E-state index >= 15 is 0 Å². The van der Waals surface area contributed by atoms with E-state index in [9.17, 15) is 16.8 Å². The average molecular weight is 285 g/mol. The molecule has 0 amide bonds. The van der Waals surface area contributed by atoms with Crippen molar-refractivity contribution in [1.82, 2.24) is 5.32 Å². The van der Waals surface area contributed by atoms with Crippen LogP contribution in [-0.2, 0) is 19.7 Å². The highest BCUT2D eigenvalue weighted by atomic mass is 32.2. The van der Waals surface area contributed by atoms with Crippen LogP contribution in [0.1, 0.15) is 27.2 Å². The lowest BCUT2D eigenvalue weighted by Gasteiger charge is -2.23. The van der Waals surface area contributed by atoms with Gasteiger partial charge in [-0.2, -0.15) is 0 Å². The summed E-state index contributed by atoms with van der Waals surface area (Å²) >= 11 is 0. The minimum Gasteiger partial charge on any atom is -0.313 e. The second-order valence-electron chi connectivity index (χ2n) is 4.27. The molecule has 0 aliphatic rings. The minimum absolute atomic E-state index is 0.121. The van der Waals surface area contributed by atoms with Gasteiger partial charge in [0.25, 0.3) is 0 Å². The van der Waals surface area contributed by atoms with Crippen LogP contribution in [0.2, 0.25) is 0 Å². The Hall–Kier alpha value is -0.140. The molecule has 0 aromatic heterocycles. The molecule has 0 saturated heterocycles. The van der Waals surface area contributed by atoms with E-state index in [-0.39, 0.29) is 17.5 Å². The zero-order chi connectivity index (χ0) is 13.7. The van der Waals surface area contributed by atoms with Crippen molar-refractivity contribution >= 4 is 19.7 Å². The number of hydrogen-bond donors (Lipinski definition) is 1. The van der Waals surface area contributed by atoms with Crippen LogP contribution in [0.25, 0.3) is 0 Å². The standard InChI is InChI=1S/C10H23NO4S2/c1-5-10(11-6-2)9(3)17(14,15)8-7-16(4,12)13/h9-11H,5-8H2,1-4H3. The highest BCUT2D eigenvalue weighted by Crippen LogP contribution is 2.11. The Morgan fingerprint density at radius 3 is 1.94 bits per heavy atom. The molecule has 0 aliphatic heterocycles. The molecule has 0 radical (unpaired) electrons. The fourth-order valence-corrected chi connectivity index (χ4v) is 4.91. The van der Waals surface area contributed by atoms with E-state index in [2.05, 4.69) is 5.32 Å². The lowest BCUT2D eigenvalue weighted by atomic mass is 10.2. The van der Waals surface area contributed by atoms with Crippen molar-refractivity contribution in [3.63, 3.8) is 0 Å². The van der Waals surface area contributed by atoms with Gasteiger partial charge in [-0.15, -0.1) is 0 Å². The van der Waals surface area contributed by atoms with Crippen LogP contribution in [0.15, 0.2) is 0 Å². The normalized spacial score (nSPS) is 16.7. The summed E-state index contributed by atoms with van der Waals surface area (Å²) in [5.74, 6) is -0.600. The molecule has 1 N–H and O–H groups in total. The van der Waals surface area contributed by atoms with Crippen molar-refractivity contribution in [2.45, 2.75) is 38.5 Å². The van der Waals surface area contributed by atoms with E-state index < -0.39 is 24.9 Å². The van der Waals surface area contributed by atoms with Crippen LogP contribution in [0.4, 0.5) is 0 Å². The Labute approximate surface area is 105 Å². The number of rotatable bonds is 8. The van der Waals surface area contributed by atoms with Crippen LogP contribution < -0.4 is 5.32 Å². The monoisotopic (exact) mass is 285 g/mol. The maximum absolute atomic E-state index is 11.9. The highest BCUT2D eigenvalue weighted by Gasteiger charge is 2.28. The van der Waals surface area contributed by atoms with Crippen molar-refractivity contribution < 1.29 is 16.8 Å². The quantitative estimate of drug-likeness (QED) is 0.690. The topological polar surface area (TPSA) is 80.3 Å². The SMILES string of the molecule is CCNC(CC)C(C)S(=O)(=O)CCS(C)(=O)=O. The van der Waals surface area contributed by atoms with E-state index in [1.54, 1.807) is 6.92 Å². The molecule has 17 heavy (non-hydrogen) atoms. The van der Waals surface area contributed by atoms with E-state index in [1.165, 1.54) is 0 Å². The number of hydrogen-bond acceptors (Lipinski definition) is 5. The zero-order valence-electron chi connectivity index (χ0n) is 10.9. The van der Waals surface area contributed by atoms with Crippen LogP contribution in [0.3, 0.4) is 0 Å². The van der Waals surface area contributed by atoms with E-state index in [4.69, 9.17) is 0 Å². The molecule has 2 atom stereocenters. The van der Waals surface area contributed by atoms with Crippen LogP contribution in [0.5, 0.6) is 0 Å². The van der Waals surface area contributed by atoms with Crippen molar-refractivity contribution in [1.29, 1.82) is 0 Å². The second kappa shape index (κ2) is 6.70. The van der Waals surface area contributed by atoms with Gasteiger partial charge in [-0.25, -0.2) is 16.8 Å². The van der Waals surface area contributed by atoms with Gasteiger partial charge < -0.3 is 5.32 Å². The third-order valence-electron chi connectivity index (χ3n) is 2.78. The fraction of sp³-hybridized carbons (Fsp3) is 1.00. The third kappa shape index (κ3) is 6.38. The van der Waals surface area contributed by atoms with Gasteiger partial charge in [0.15, 0.2) is 9.84 Å². The molecule has 104 valence electrons. The molecule has 0 bridgehead atoms. The molecular weight excluding hydrogens is 262 g/mol. The predicted molar refractivity (Wildman–Crippen MR) is 70.7 cm³/mol. The highest BCUT2D eigenvalue weighted by molar-refractivity contribution is 7.95. The molecule has 0 heterocycles. The molecular formula is C10H23NO4S2. The summed E-state index contributed by atoms with van der Waals surface area (Å²) in [6.07, 6.45) is 1.75. The van der Waals surface area contributed by atoms with Gasteiger partial charge in [0, 0.05) is 12.3 Å². The first-order chi connectivity index (χ1) is 7.64. The predicted octanol–water partition coefficient (Wildman–Crippen LogP) is 0.222.